The predicted octanol–water partition coefficient (Wildman–Crippen LogP) is -0.380. The average Bonchev–Trinajstić information content (AvgIpc) is 2.38. The van der Waals surface area contributed by atoms with Crippen molar-refractivity contribution in [2.75, 3.05) is 13.1 Å². The van der Waals surface area contributed by atoms with Gasteiger partial charge < -0.3 is 5.32 Å². The van der Waals surface area contributed by atoms with Crippen LogP contribution < -0.4 is 5.32 Å². The van der Waals surface area contributed by atoms with Crippen molar-refractivity contribution in [1.82, 2.24) is 10.2 Å². The van der Waals surface area contributed by atoms with E-state index in [2.05, 4.69) is 10.2 Å². The first-order valence-electron chi connectivity index (χ1n) is 3.44. The van der Waals surface area contributed by atoms with E-state index >= 15 is 0 Å². The molecule has 4 atom stereocenters. The molecule has 2 nitrogen and oxygen atoms in total. The highest BCUT2D eigenvalue weighted by molar-refractivity contribution is 5.11. The summed E-state index contributed by atoms with van der Waals surface area (Å²) in [5, 5.41) is 3.48. The lowest BCUT2D eigenvalue weighted by atomic mass is 10.0. The first kappa shape index (κ1) is 3.85. The molecule has 4 rings (SSSR count). The van der Waals surface area contributed by atoms with Crippen molar-refractivity contribution < 1.29 is 0 Å². The van der Waals surface area contributed by atoms with Gasteiger partial charge in [-0.15, -0.1) is 0 Å². The minimum Gasteiger partial charge on any atom is -0.300 e. The monoisotopic (exact) mass is 110 g/mol. The van der Waals surface area contributed by atoms with Gasteiger partial charge in [-0.05, 0) is 12.3 Å². The van der Waals surface area contributed by atoms with Crippen molar-refractivity contribution in [2.24, 2.45) is 5.92 Å². The van der Waals surface area contributed by atoms with Crippen LogP contribution in [0.4, 0.5) is 0 Å². The molecule has 4 aliphatic heterocycles. The molecular weight excluding hydrogens is 100 g/mol. The molecule has 0 aromatic heterocycles. The van der Waals surface area contributed by atoms with Crippen LogP contribution in [0.3, 0.4) is 0 Å². The summed E-state index contributed by atoms with van der Waals surface area (Å²) < 4.78 is 0. The van der Waals surface area contributed by atoms with Crippen LogP contribution in [-0.2, 0) is 0 Å². The standard InChI is InChI=1S/C6H10N2/c1-4-2-7-6-5(1)8(6)3-4/h4-7H,1-3H2. The summed E-state index contributed by atoms with van der Waals surface area (Å²) in [5.41, 5.74) is 0. The van der Waals surface area contributed by atoms with E-state index in [1.807, 2.05) is 0 Å². The van der Waals surface area contributed by atoms with E-state index in [0.717, 1.165) is 18.1 Å². The van der Waals surface area contributed by atoms with Gasteiger partial charge in [0, 0.05) is 19.1 Å². The van der Waals surface area contributed by atoms with Crippen LogP contribution in [0.15, 0.2) is 0 Å². The summed E-state index contributed by atoms with van der Waals surface area (Å²) in [6.45, 7) is 2.68. The lowest BCUT2D eigenvalue weighted by molar-refractivity contribution is 0.323. The SMILES string of the molecule is C1NC2C3CC1CN32. The molecule has 8 heavy (non-hydrogen) atoms. The zero-order chi connectivity index (χ0) is 5.14. The average molecular weight is 110 g/mol. The van der Waals surface area contributed by atoms with Crippen LogP contribution >= 0.6 is 0 Å². The van der Waals surface area contributed by atoms with Crippen LogP contribution in [0.25, 0.3) is 0 Å². The number of hydrogen-bond donors (Lipinski definition) is 1. The summed E-state index contributed by atoms with van der Waals surface area (Å²) >= 11 is 0. The van der Waals surface area contributed by atoms with Crippen LogP contribution in [0, 0.1) is 5.92 Å². The fourth-order valence-corrected chi connectivity index (χ4v) is 2.25. The minimum atomic E-state index is 0.819. The Bertz CT molecular complexity index is 114. The number of nitrogens with one attached hydrogen (secondary N) is 1. The zero-order valence-electron chi connectivity index (χ0n) is 4.80. The van der Waals surface area contributed by atoms with Gasteiger partial charge in [0.25, 0.3) is 0 Å². The van der Waals surface area contributed by atoms with Gasteiger partial charge in [0.1, 0.15) is 0 Å². The zero-order valence-corrected chi connectivity index (χ0v) is 4.80. The van der Waals surface area contributed by atoms with Crippen LogP contribution in [-0.4, -0.2) is 30.2 Å². The Morgan fingerprint density at radius 2 is 2.50 bits per heavy atom. The van der Waals surface area contributed by atoms with Crippen molar-refractivity contribution in [1.29, 1.82) is 0 Å². The normalized spacial score (nSPS) is 66.0. The Morgan fingerprint density at radius 3 is 2.75 bits per heavy atom. The van der Waals surface area contributed by atoms with Crippen LogP contribution in [0.2, 0.25) is 0 Å². The highest BCUT2D eigenvalue weighted by Gasteiger charge is 2.56. The molecule has 4 fully saturated rings. The van der Waals surface area contributed by atoms with Gasteiger partial charge in [0.2, 0.25) is 0 Å². The summed E-state index contributed by atoms with van der Waals surface area (Å²) in [6.07, 6.45) is 2.30. The maximum Gasteiger partial charge on any atom is 0.0761 e. The predicted molar refractivity (Wildman–Crippen MR) is 30.4 cm³/mol. The quantitative estimate of drug-likeness (QED) is 0.427. The molecule has 0 spiro atoms. The maximum absolute atomic E-state index is 3.48. The van der Waals surface area contributed by atoms with Crippen molar-refractivity contribution >= 4 is 0 Å². The lowest BCUT2D eigenvalue weighted by Crippen LogP contribution is -2.39. The Morgan fingerprint density at radius 1 is 1.50 bits per heavy atom. The fraction of sp³-hybridized carbons (Fsp3) is 1.00. The van der Waals surface area contributed by atoms with Crippen molar-refractivity contribution in [3.8, 4) is 0 Å². The molecule has 4 bridgehead atoms. The second-order valence-corrected chi connectivity index (χ2v) is 3.22. The third kappa shape index (κ3) is 0.273. The Balaban J connectivity index is 1.99. The molecule has 0 aromatic rings. The fourth-order valence-electron chi connectivity index (χ4n) is 2.25. The molecule has 44 valence electrons. The molecular formula is C6H10N2. The van der Waals surface area contributed by atoms with Crippen molar-refractivity contribution in [2.45, 2.75) is 18.6 Å². The van der Waals surface area contributed by atoms with Gasteiger partial charge in [0.05, 0.1) is 6.17 Å². The summed E-state index contributed by atoms with van der Waals surface area (Å²) in [4.78, 5) is 2.56. The first-order chi connectivity index (χ1) is 3.95. The summed E-state index contributed by atoms with van der Waals surface area (Å²) in [6, 6.07) is 0.966. The molecule has 4 heterocycles. The molecule has 4 saturated heterocycles. The molecule has 4 unspecified atom stereocenters. The second-order valence-electron chi connectivity index (χ2n) is 3.22. The number of piperidine rings is 2. The van der Waals surface area contributed by atoms with Crippen LogP contribution in [0.1, 0.15) is 6.42 Å². The van der Waals surface area contributed by atoms with E-state index in [1.165, 1.54) is 19.5 Å². The highest BCUT2D eigenvalue weighted by atomic mass is 15.5. The van der Waals surface area contributed by atoms with Gasteiger partial charge in [-0.3, -0.25) is 4.90 Å². The number of nitrogens with zero attached hydrogens (tertiary/aromatic N) is 1. The van der Waals surface area contributed by atoms with E-state index in [4.69, 9.17) is 0 Å². The molecule has 2 heteroatoms. The molecule has 4 aliphatic rings. The molecule has 0 aliphatic carbocycles. The van der Waals surface area contributed by atoms with E-state index < -0.39 is 0 Å². The summed E-state index contributed by atoms with van der Waals surface area (Å²) in [7, 11) is 0. The lowest BCUT2D eigenvalue weighted by Gasteiger charge is -2.21. The van der Waals surface area contributed by atoms with Gasteiger partial charge in [-0.1, -0.05) is 0 Å². The Hall–Kier alpha value is -0.0800. The minimum absolute atomic E-state index is 0.819. The number of fused-ring (bicyclic) bond motifs is 1. The molecule has 1 N–H and O–H groups in total. The van der Waals surface area contributed by atoms with E-state index in [1.54, 1.807) is 0 Å². The van der Waals surface area contributed by atoms with Crippen molar-refractivity contribution in [3.63, 3.8) is 0 Å². The van der Waals surface area contributed by atoms with Gasteiger partial charge in [-0.2, -0.15) is 0 Å². The highest BCUT2D eigenvalue weighted by Crippen LogP contribution is 2.42. The third-order valence-electron chi connectivity index (χ3n) is 2.72. The van der Waals surface area contributed by atoms with Crippen LogP contribution in [0.5, 0.6) is 0 Å². The second kappa shape index (κ2) is 0.957. The third-order valence-corrected chi connectivity index (χ3v) is 2.72. The smallest absolute Gasteiger partial charge is 0.0761 e. The molecule has 0 aromatic carbocycles. The van der Waals surface area contributed by atoms with Gasteiger partial charge in [-0.25, -0.2) is 0 Å². The van der Waals surface area contributed by atoms with Gasteiger partial charge >= 0.3 is 0 Å². The molecule has 0 radical (unpaired) electrons. The topological polar surface area (TPSA) is 15.0 Å². The Kier molecular flexibility index (Phi) is 0.461. The number of rotatable bonds is 0. The summed E-state index contributed by atoms with van der Waals surface area (Å²) in [5.74, 6) is 1.00. The number of hydrogen-bond acceptors (Lipinski definition) is 2. The van der Waals surface area contributed by atoms with E-state index in [-0.39, 0.29) is 0 Å². The molecule has 0 amide bonds. The van der Waals surface area contributed by atoms with E-state index in [0.29, 0.717) is 0 Å². The largest absolute Gasteiger partial charge is 0.300 e. The van der Waals surface area contributed by atoms with Gasteiger partial charge in [0.15, 0.2) is 0 Å². The first-order valence-corrected chi connectivity index (χ1v) is 3.44. The van der Waals surface area contributed by atoms with E-state index in [9.17, 15) is 0 Å². The molecule has 0 saturated carbocycles. The van der Waals surface area contributed by atoms with Crippen molar-refractivity contribution in [3.05, 3.63) is 0 Å². The maximum atomic E-state index is 3.48. The Labute approximate surface area is 48.9 Å².